The minimum absolute atomic E-state index is 0.786. The molecule has 0 unspecified atom stereocenters. The first kappa shape index (κ1) is 10.6. The van der Waals surface area contributed by atoms with Crippen LogP contribution in [-0.2, 0) is 0 Å². The van der Waals surface area contributed by atoms with Gasteiger partial charge >= 0.3 is 0 Å². The molecule has 2 aromatic rings. The maximum atomic E-state index is 3.97. The van der Waals surface area contributed by atoms with E-state index in [-0.39, 0.29) is 0 Å². The van der Waals surface area contributed by atoms with Crippen LogP contribution in [0.25, 0.3) is 0 Å². The van der Waals surface area contributed by atoms with E-state index in [0.29, 0.717) is 0 Å². The van der Waals surface area contributed by atoms with Crippen LogP contribution in [-0.4, -0.2) is 10.2 Å². The van der Waals surface area contributed by atoms with Crippen LogP contribution in [0.4, 0.5) is 10.8 Å². The molecule has 1 heterocycles. The first-order valence-electron chi connectivity index (χ1n) is 4.48. The van der Waals surface area contributed by atoms with Crippen molar-refractivity contribution in [3.05, 3.63) is 33.2 Å². The van der Waals surface area contributed by atoms with Crippen LogP contribution in [0.3, 0.4) is 0 Å². The van der Waals surface area contributed by atoms with Gasteiger partial charge in [0.15, 0.2) is 3.92 Å². The summed E-state index contributed by atoms with van der Waals surface area (Å²) in [6.07, 6.45) is 0. The van der Waals surface area contributed by atoms with Gasteiger partial charge in [0.1, 0.15) is 0 Å². The lowest BCUT2D eigenvalue weighted by molar-refractivity contribution is 1.07. The summed E-state index contributed by atoms with van der Waals surface area (Å²) in [5.41, 5.74) is 3.60. The second-order valence-electron chi connectivity index (χ2n) is 3.28. The zero-order valence-electron chi connectivity index (χ0n) is 8.41. The Balaban J connectivity index is 2.21. The third-order valence-electron chi connectivity index (χ3n) is 2.16. The van der Waals surface area contributed by atoms with Crippen molar-refractivity contribution in [2.24, 2.45) is 0 Å². The smallest absolute Gasteiger partial charge is 0.210 e. The molecule has 1 aromatic carbocycles. The monoisotopic (exact) mass is 283 g/mol. The average Bonchev–Trinajstić information content (AvgIpc) is 2.58. The Morgan fingerprint density at radius 3 is 2.60 bits per heavy atom. The van der Waals surface area contributed by atoms with E-state index >= 15 is 0 Å². The van der Waals surface area contributed by atoms with Crippen molar-refractivity contribution in [1.29, 1.82) is 0 Å². The number of hydrogen-bond acceptors (Lipinski definition) is 4. The number of aryl methyl sites for hydroxylation is 2. The van der Waals surface area contributed by atoms with Crippen LogP contribution in [0.5, 0.6) is 0 Å². The van der Waals surface area contributed by atoms with Gasteiger partial charge in [-0.3, -0.25) is 0 Å². The molecule has 0 bridgehead atoms. The van der Waals surface area contributed by atoms with E-state index in [1.54, 1.807) is 0 Å². The van der Waals surface area contributed by atoms with Crippen molar-refractivity contribution >= 4 is 38.1 Å². The number of hydrogen-bond donors (Lipinski definition) is 1. The lowest BCUT2D eigenvalue weighted by atomic mass is 10.1. The summed E-state index contributed by atoms with van der Waals surface area (Å²) in [4.78, 5) is 0. The van der Waals surface area contributed by atoms with Gasteiger partial charge in [0.05, 0.1) is 0 Å². The second-order valence-corrected chi connectivity index (χ2v) is 5.54. The highest BCUT2D eigenvalue weighted by molar-refractivity contribution is 9.11. The summed E-state index contributed by atoms with van der Waals surface area (Å²) in [5.74, 6) is 0. The van der Waals surface area contributed by atoms with E-state index in [1.165, 1.54) is 22.5 Å². The number of anilines is 2. The van der Waals surface area contributed by atoms with E-state index in [0.717, 1.165) is 14.7 Å². The highest BCUT2D eigenvalue weighted by Crippen LogP contribution is 2.24. The zero-order chi connectivity index (χ0) is 10.8. The summed E-state index contributed by atoms with van der Waals surface area (Å²) in [5, 5.41) is 11.9. The largest absolute Gasteiger partial charge is 0.330 e. The fourth-order valence-electron chi connectivity index (χ4n) is 1.20. The predicted octanol–water partition coefficient (Wildman–Crippen LogP) is 3.66. The molecule has 0 spiro atoms. The van der Waals surface area contributed by atoms with Gasteiger partial charge in [-0.15, -0.1) is 10.2 Å². The van der Waals surface area contributed by atoms with Crippen molar-refractivity contribution in [1.82, 2.24) is 10.2 Å². The molecule has 78 valence electrons. The van der Waals surface area contributed by atoms with E-state index in [4.69, 9.17) is 0 Å². The predicted molar refractivity (Wildman–Crippen MR) is 66.8 cm³/mol. The van der Waals surface area contributed by atoms with Gasteiger partial charge < -0.3 is 5.32 Å². The molecule has 5 heteroatoms. The summed E-state index contributed by atoms with van der Waals surface area (Å²) >= 11 is 4.75. The van der Waals surface area contributed by atoms with Crippen molar-refractivity contribution in [3.8, 4) is 0 Å². The second kappa shape index (κ2) is 4.28. The molecule has 0 aliphatic rings. The Morgan fingerprint density at radius 2 is 2.00 bits per heavy atom. The zero-order valence-corrected chi connectivity index (χ0v) is 10.8. The fourth-order valence-corrected chi connectivity index (χ4v) is 2.23. The lowest BCUT2D eigenvalue weighted by Gasteiger charge is -2.04. The SMILES string of the molecule is Cc1ccc(Nc2nnc(Br)s2)cc1C. The lowest BCUT2D eigenvalue weighted by Crippen LogP contribution is -1.91. The van der Waals surface area contributed by atoms with Crippen LogP contribution in [0.15, 0.2) is 22.1 Å². The van der Waals surface area contributed by atoms with Crippen molar-refractivity contribution in [2.75, 3.05) is 5.32 Å². The minimum atomic E-state index is 0.786. The van der Waals surface area contributed by atoms with Gasteiger partial charge in [0.2, 0.25) is 5.13 Å². The van der Waals surface area contributed by atoms with E-state index in [9.17, 15) is 0 Å². The standard InChI is InChI=1S/C10H10BrN3S/c1-6-3-4-8(5-7(6)2)12-10-14-13-9(11)15-10/h3-5H,1-2H3,(H,12,14). The quantitative estimate of drug-likeness (QED) is 0.914. The Kier molecular flexibility index (Phi) is 3.02. The molecule has 2 rings (SSSR count). The van der Waals surface area contributed by atoms with E-state index < -0.39 is 0 Å². The molecule has 0 saturated carbocycles. The highest BCUT2D eigenvalue weighted by atomic mass is 79.9. The molecular weight excluding hydrogens is 274 g/mol. The maximum Gasteiger partial charge on any atom is 0.210 e. The topological polar surface area (TPSA) is 37.8 Å². The molecule has 0 radical (unpaired) electrons. The number of benzene rings is 1. The first-order valence-corrected chi connectivity index (χ1v) is 6.09. The summed E-state index contributed by atoms with van der Waals surface area (Å²) in [7, 11) is 0. The van der Waals surface area contributed by atoms with E-state index in [2.05, 4.69) is 57.4 Å². The molecule has 0 aliphatic heterocycles. The van der Waals surface area contributed by atoms with Crippen LogP contribution >= 0.6 is 27.3 Å². The molecule has 0 amide bonds. The first-order chi connectivity index (χ1) is 7.15. The molecule has 0 saturated heterocycles. The molecule has 15 heavy (non-hydrogen) atoms. The third kappa shape index (κ3) is 2.54. The molecule has 3 nitrogen and oxygen atoms in total. The van der Waals surface area contributed by atoms with Gasteiger partial charge in [-0.2, -0.15) is 0 Å². The summed E-state index contributed by atoms with van der Waals surface area (Å²) in [6, 6.07) is 6.23. The normalized spacial score (nSPS) is 10.3. The summed E-state index contributed by atoms with van der Waals surface area (Å²) in [6.45, 7) is 4.19. The molecule has 1 N–H and O–H groups in total. The highest BCUT2D eigenvalue weighted by Gasteiger charge is 2.02. The summed E-state index contributed by atoms with van der Waals surface area (Å²) < 4.78 is 0.786. The van der Waals surface area contributed by atoms with E-state index in [1.807, 2.05) is 6.07 Å². The Bertz CT molecular complexity index is 481. The number of rotatable bonds is 2. The Morgan fingerprint density at radius 1 is 1.20 bits per heavy atom. The van der Waals surface area contributed by atoms with Gasteiger partial charge in [-0.1, -0.05) is 17.4 Å². The number of halogens is 1. The number of nitrogens with zero attached hydrogens (tertiary/aromatic N) is 2. The fraction of sp³-hybridized carbons (Fsp3) is 0.200. The van der Waals surface area contributed by atoms with Crippen LogP contribution in [0.1, 0.15) is 11.1 Å². The van der Waals surface area contributed by atoms with Gasteiger partial charge in [-0.05, 0) is 53.0 Å². The molecule has 1 aromatic heterocycles. The van der Waals surface area contributed by atoms with Gasteiger partial charge in [-0.25, -0.2) is 0 Å². The van der Waals surface area contributed by atoms with Crippen molar-refractivity contribution in [2.45, 2.75) is 13.8 Å². The van der Waals surface area contributed by atoms with Crippen molar-refractivity contribution < 1.29 is 0 Å². The van der Waals surface area contributed by atoms with Crippen LogP contribution in [0.2, 0.25) is 0 Å². The Labute approximate surface area is 101 Å². The Hall–Kier alpha value is -0.940. The number of nitrogens with one attached hydrogen (secondary N) is 1. The minimum Gasteiger partial charge on any atom is -0.330 e. The average molecular weight is 284 g/mol. The molecule has 0 atom stereocenters. The molecule has 0 fully saturated rings. The third-order valence-corrected chi connectivity index (χ3v) is 3.43. The number of aromatic nitrogens is 2. The van der Waals surface area contributed by atoms with Crippen molar-refractivity contribution in [3.63, 3.8) is 0 Å². The van der Waals surface area contributed by atoms with Crippen LogP contribution < -0.4 is 5.32 Å². The molecule has 0 aliphatic carbocycles. The van der Waals surface area contributed by atoms with Crippen LogP contribution in [0, 0.1) is 13.8 Å². The maximum absolute atomic E-state index is 3.97. The van der Waals surface area contributed by atoms with Gasteiger partial charge in [0, 0.05) is 5.69 Å². The molecular formula is C10H10BrN3S. The van der Waals surface area contributed by atoms with Gasteiger partial charge in [0.25, 0.3) is 0 Å².